The van der Waals surface area contributed by atoms with Gasteiger partial charge in [0.1, 0.15) is 0 Å². The van der Waals surface area contributed by atoms with E-state index in [1.54, 1.807) is 24.0 Å². The largest absolute Gasteiger partial charge is 0.493 e. The van der Waals surface area contributed by atoms with Crippen LogP contribution in [0.1, 0.15) is 38.2 Å². The van der Waals surface area contributed by atoms with Gasteiger partial charge >= 0.3 is 0 Å². The molecule has 6 nitrogen and oxygen atoms in total. The lowest BCUT2D eigenvalue weighted by Crippen LogP contribution is -2.42. The van der Waals surface area contributed by atoms with E-state index in [2.05, 4.69) is 0 Å². The molecule has 1 aliphatic rings. The van der Waals surface area contributed by atoms with Gasteiger partial charge in [-0.05, 0) is 37.5 Å². The number of methoxy groups -OCH3 is 2. The average molecular weight is 348 g/mol. The molecular weight excluding hydrogens is 320 g/mol. The molecule has 0 aromatic heterocycles. The van der Waals surface area contributed by atoms with Crippen molar-refractivity contribution in [1.82, 2.24) is 9.80 Å². The molecule has 0 aliphatic carbocycles. The van der Waals surface area contributed by atoms with E-state index in [9.17, 15) is 9.59 Å². The van der Waals surface area contributed by atoms with Gasteiger partial charge in [0, 0.05) is 26.1 Å². The van der Waals surface area contributed by atoms with Gasteiger partial charge in [-0.2, -0.15) is 0 Å². The molecule has 0 atom stereocenters. The van der Waals surface area contributed by atoms with Crippen LogP contribution in [0.15, 0.2) is 18.2 Å². The predicted molar refractivity (Wildman–Crippen MR) is 95.7 cm³/mol. The molecule has 1 heterocycles. The van der Waals surface area contributed by atoms with Crippen LogP contribution in [0.4, 0.5) is 0 Å². The summed E-state index contributed by atoms with van der Waals surface area (Å²) in [5, 5.41) is 0. The normalized spacial score (nSPS) is 14.8. The van der Waals surface area contributed by atoms with Crippen LogP contribution in [0.3, 0.4) is 0 Å². The Labute approximate surface area is 149 Å². The first-order valence-corrected chi connectivity index (χ1v) is 8.85. The third kappa shape index (κ3) is 5.11. The minimum atomic E-state index is -0.0208. The summed E-state index contributed by atoms with van der Waals surface area (Å²) in [5.74, 6) is 1.38. The second-order valence-electron chi connectivity index (χ2n) is 6.22. The Kier molecular flexibility index (Phi) is 7.10. The van der Waals surface area contributed by atoms with E-state index in [0.29, 0.717) is 37.6 Å². The zero-order valence-corrected chi connectivity index (χ0v) is 15.4. The van der Waals surface area contributed by atoms with E-state index < -0.39 is 0 Å². The number of ether oxygens (including phenoxy) is 2. The molecule has 0 bridgehead atoms. The highest BCUT2D eigenvalue weighted by Gasteiger charge is 2.22. The molecule has 1 aliphatic heterocycles. The third-order valence-electron chi connectivity index (χ3n) is 4.55. The Hall–Kier alpha value is -2.24. The number of likely N-dealkylation sites (tertiary alicyclic amines) is 1. The lowest BCUT2D eigenvalue weighted by Gasteiger charge is -2.26. The minimum Gasteiger partial charge on any atom is -0.493 e. The standard InChI is InChI=1S/C19H28N2O4/c1-4-20(13-15-9-10-16(24-2)17(12-15)25-3)19(23)14-21-11-7-5-6-8-18(21)22/h9-10,12H,4-8,11,13-14H2,1-3H3. The van der Waals surface area contributed by atoms with Gasteiger partial charge in [0.2, 0.25) is 11.8 Å². The summed E-state index contributed by atoms with van der Waals surface area (Å²) < 4.78 is 10.6. The monoisotopic (exact) mass is 348 g/mol. The Morgan fingerprint density at radius 3 is 2.60 bits per heavy atom. The van der Waals surface area contributed by atoms with Crippen molar-refractivity contribution < 1.29 is 19.1 Å². The Bertz CT molecular complexity index is 603. The van der Waals surface area contributed by atoms with E-state index in [-0.39, 0.29) is 18.4 Å². The Balaban J connectivity index is 2.03. The van der Waals surface area contributed by atoms with Crippen LogP contribution in [0, 0.1) is 0 Å². The van der Waals surface area contributed by atoms with Gasteiger partial charge in [-0.3, -0.25) is 9.59 Å². The number of amides is 2. The van der Waals surface area contributed by atoms with Crippen molar-refractivity contribution in [2.24, 2.45) is 0 Å². The molecule has 1 fully saturated rings. The molecule has 0 radical (unpaired) electrons. The van der Waals surface area contributed by atoms with Crippen molar-refractivity contribution in [3.05, 3.63) is 23.8 Å². The molecule has 1 aromatic rings. The molecular formula is C19H28N2O4. The van der Waals surface area contributed by atoms with Crippen molar-refractivity contribution in [1.29, 1.82) is 0 Å². The van der Waals surface area contributed by atoms with Crippen LogP contribution in [-0.4, -0.2) is 55.5 Å². The van der Waals surface area contributed by atoms with Crippen molar-refractivity contribution in [2.75, 3.05) is 33.9 Å². The number of likely N-dealkylation sites (N-methyl/N-ethyl adjacent to an activating group) is 1. The lowest BCUT2D eigenvalue weighted by molar-refractivity contribution is -0.140. The average Bonchev–Trinajstić information content (AvgIpc) is 2.83. The summed E-state index contributed by atoms with van der Waals surface area (Å²) >= 11 is 0. The number of rotatable bonds is 7. The summed E-state index contributed by atoms with van der Waals surface area (Å²) in [6.45, 7) is 3.87. The van der Waals surface area contributed by atoms with Gasteiger partial charge in [-0.25, -0.2) is 0 Å². The van der Waals surface area contributed by atoms with Crippen molar-refractivity contribution in [3.63, 3.8) is 0 Å². The maximum Gasteiger partial charge on any atom is 0.242 e. The van der Waals surface area contributed by atoms with Crippen LogP contribution in [0.2, 0.25) is 0 Å². The van der Waals surface area contributed by atoms with Crippen molar-refractivity contribution in [3.8, 4) is 11.5 Å². The topological polar surface area (TPSA) is 59.1 Å². The highest BCUT2D eigenvalue weighted by Crippen LogP contribution is 2.28. The number of hydrogen-bond acceptors (Lipinski definition) is 4. The summed E-state index contributed by atoms with van der Waals surface area (Å²) in [6, 6.07) is 5.64. The Morgan fingerprint density at radius 2 is 1.92 bits per heavy atom. The van der Waals surface area contributed by atoms with Crippen LogP contribution < -0.4 is 9.47 Å². The van der Waals surface area contributed by atoms with E-state index in [4.69, 9.17) is 9.47 Å². The molecule has 2 amide bonds. The van der Waals surface area contributed by atoms with Gasteiger partial charge in [0.25, 0.3) is 0 Å². The molecule has 0 N–H and O–H groups in total. The molecule has 1 aromatic carbocycles. The zero-order chi connectivity index (χ0) is 18.2. The highest BCUT2D eigenvalue weighted by atomic mass is 16.5. The van der Waals surface area contributed by atoms with Crippen LogP contribution in [0.25, 0.3) is 0 Å². The maximum atomic E-state index is 12.7. The summed E-state index contributed by atoms with van der Waals surface area (Å²) in [6.07, 6.45) is 3.50. The predicted octanol–water partition coefficient (Wildman–Crippen LogP) is 2.45. The number of nitrogens with zero attached hydrogens (tertiary/aromatic N) is 2. The fraction of sp³-hybridized carbons (Fsp3) is 0.579. The van der Waals surface area contributed by atoms with Gasteiger partial charge in [-0.1, -0.05) is 12.5 Å². The Morgan fingerprint density at radius 1 is 1.16 bits per heavy atom. The van der Waals surface area contributed by atoms with E-state index in [1.807, 2.05) is 25.1 Å². The SMILES string of the molecule is CCN(Cc1ccc(OC)c(OC)c1)C(=O)CN1CCCCCC1=O. The second kappa shape index (κ2) is 9.30. The molecule has 0 saturated carbocycles. The van der Waals surface area contributed by atoms with Crippen LogP contribution in [0.5, 0.6) is 11.5 Å². The molecule has 2 rings (SSSR count). The van der Waals surface area contributed by atoms with Crippen molar-refractivity contribution >= 4 is 11.8 Å². The number of benzene rings is 1. The van der Waals surface area contributed by atoms with Gasteiger partial charge in [-0.15, -0.1) is 0 Å². The molecule has 1 saturated heterocycles. The smallest absolute Gasteiger partial charge is 0.242 e. The first-order valence-electron chi connectivity index (χ1n) is 8.85. The highest BCUT2D eigenvalue weighted by molar-refractivity contribution is 5.85. The quantitative estimate of drug-likeness (QED) is 0.759. The summed E-state index contributed by atoms with van der Waals surface area (Å²) in [4.78, 5) is 28.2. The summed E-state index contributed by atoms with van der Waals surface area (Å²) in [7, 11) is 3.19. The molecule has 0 spiro atoms. The molecule has 25 heavy (non-hydrogen) atoms. The minimum absolute atomic E-state index is 0.0208. The first kappa shape index (κ1) is 19.1. The maximum absolute atomic E-state index is 12.7. The second-order valence-corrected chi connectivity index (χ2v) is 6.22. The van der Waals surface area contributed by atoms with Crippen LogP contribution >= 0.6 is 0 Å². The fourth-order valence-electron chi connectivity index (χ4n) is 3.04. The molecule has 138 valence electrons. The van der Waals surface area contributed by atoms with E-state index in [0.717, 1.165) is 24.8 Å². The fourth-order valence-corrected chi connectivity index (χ4v) is 3.04. The molecule has 6 heteroatoms. The van der Waals surface area contributed by atoms with Gasteiger partial charge < -0.3 is 19.3 Å². The van der Waals surface area contributed by atoms with E-state index in [1.165, 1.54) is 0 Å². The molecule has 0 unspecified atom stereocenters. The summed E-state index contributed by atoms with van der Waals surface area (Å²) in [5.41, 5.74) is 0.968. The van der Waals surface area contributed by atoms with Gasteiger partial charge in [0.15, 0.2) is 11.5 Å². The number of hydrogen-bond donors (Lipinski definition) is 0. The first-order chi connectivity index (χ1) is 12.1. The van der Waals surface area contributed by atoms with E-state index >= 15 is 0 Å². The lowest BCUT2D eigenvalue weighted by atomic mass is 10.2. The van der Waals surface area contributed by atoms with Gasteiger partial charge in [0.05, 0.1) is 20.8 Å². The number of carbonyl (C=O) groups is 2. The zero-order valence-electron chi connectivity index (χ0n) is 15.4. The van der Waals surface area contributed by atoms with Crippen molar-refractivity contribution in [2.45, 2.75) is 39.2 Å². The number of carbonyl (C=O) groups excluding carboxylic acids is 2. The van der Waals surface area contributed by atoms with Crippen LogP contribution in [-0.2, 0) is 16.1 Å². The third-order valence-corrected chi connectivity index (χ3v) is 4.55.